The van der Waals surface area contributed by atoms with Gasteiger partial charge in [0.25, 0.3) is 0 Å². The van der Waals surface area contributed by atoms with Crippen LogP contribution in [0.2, 0.25) is 0 Å². The Bertz CT molecular complexity index is 289. The van der Waals surface area contributed by atoms with Crippen LogP contribution in [0, 0.1) is 11.8 Å². The lowest BCUT2D eigenvalue weighted by atomic mass is 9.75. The second kappa shape index (κ2) is 6.77. The van der Waals surface area contributed by atoms with Gasteiger partial charge in [0.15, 0.2) is 0 Å². The molecule has 3 atom stereocenters. The molecule has 0 spiro atoms. The molecule has 4 N–H and O–H groups in total. The summed E-state index contributed by atoms with van der Waals surface area (Å²) in [5, 5.41) is 9.74. The quantitative estimate of drug-likeness (QED) is 0.224. The number of nitrogens with one attached hydrogen (secondary N) is 1. The standard InChI is InChI=1S/C13H24N2O2/c1-3-4-5-6-10-8-11(16)7-9(2)12(10)13(17)15-14/h7,10-12,16H,3-6,8,14H2,1-2H3,(H,15,17)/t10-,11-,12+/m0/s1. The van der Waals surface area contributed by atoms with Crippen LogP contribution >= 0.6 is 0 Å². The number of amides is 1. The highest BCUT2D eigenvalue weighted by Gasteiger charge is 2.33. The third-order valence-corrected chi connectivity index (χ3v) is 3.56. The van der Waals surface area contributed by atoms with Crippen molar-refractivity contribution in [3.63, 3.8) is 0 Å². The molecule has 17 heavy (non-hydrogen) atoms. The first kappa shape index (κ1) is 14.2. The van der Waals surface area contributed by atoms with Gasteiger partial charge in [-0.2, -0.15) is 0 Å². The summed E-state index contributed by atoms with van der Waals surface area (Å²) in [5.41, 5.74) is 3.18. The van der Waals surface area contributed by atoms with Crippen LogP contribution in [-0.2, 0) is 4.79 Å². The Hall–Kier alpha value is -0.870. The molecule has 4 heteroatoms. The van der Waals surface area contributed by atoms with Crippen LogP contribution in [0.4, 0.5) is 0 Å². The summed E-state index contributed by atoms with van der Waals surface area (Å²) in [6.07, 6.45) is 6.45. The first-order chi connectivity index (χ1) is 8.10. The minimum Gasteiger partial charge on any atom is -0.389 e. The summed E-state index contributed by atoms with van der Waals surface area (Å²) in [5.74, 6) is 5.14. The van der Waals surface area contributed by atoms with Gasteiger partial charge in [-0.05, 0) is 25.7 Å². The van der Waals surface area contributed by atoms with Gasteiger partial charge in [0.2, 0.25) is 5.91 Å². The number of hydrogen-bond acceptors (Lipinski definition) is 3. The molecule has 0 aromatic carbocycles. The maximum Gasteiger partial charge on any atom is 0.241 e. The average Bonchev–Trinajstić information content (AvgIpc) is 2.28. The van der Waals surface area contributed by atoms with E-state index in [9.17, 15) is 9.90 Å². The van der Waals surface area contributed by atoms with E-state index in [2.05, 4.69) is 12.3 Å². The molecule has 98 valence electrons. The molecule has 0 unspecified atom stereocenters. The van der Waals surface area contributed by atoms with Crippen molar-refractivity contribution in [2.45, 2.75) is 52.1 Å². The number of hydrogen-bond donors (Lipinski definition) is 3. The second-order valence-electron chi connectivity index (χ2n) is 4.96. The summed E-state index contributed by atoms with van der Waals surface area (Å²) in [6, 6.07) is 0. The fourth-order valence-corrected chi connectivity index (χ4v) is 2.74. The summed E-state index contributed by atoms with van der Waals surface area (Å²) in [6.45, 7) is 4.06. The third kappa shape index (κ3) is 3.82. The van der Waals surface area contributed by atoms with E-state index in [1.165, 1.54) is 6.42 Å². The highest BCUT2D eigenvalue weighted by molar-refractivity contribution is 5.81. The molecule has 1 rings (SSSR count). The van der Waals surface area contributed by atoms with Crippen LogP contribution in [-0.4, -0.2) is 17.1 Å². The maximum absolute atomic E-state index is 11.8. The van der Waals surface area contributed by atoms with Crippen molar-refractivity contribution in [1.29, 1.82) is 0 Å². The Balaban J connectivity index is 2.70. The van der Waals surface area contributed by atoms with Gasteiger partial charge >= 0.3 is 0 Å². The van der Waals surface area contributed by atoms with Gasteiger partial charge in [-0.1, -0.05) is 37.8 Å². The smallest absolute Gasteiger partial charge is 0.241 e. The highest BCUT2D eigenvalue weighted by Crippen LogP contribution is 2.34. The Labute approximate surface area is 103 Å². The average molecular weight is 240 g/mol. The van der Waals surface area contributed by atoms with E-state index in [0.29, 0.717) is 6.42 Å². The van der Waals surface area contributed by atoms with Crippen molar-refractivity contribution in [2.75, 3.05) is 0 Å². The molecular weight excluding hydrogens is 216 g/mol. The largest absolute Gasteiger partial charge is 0.389 e. The molecule has 1 amide bonds. The van der Waals surface area contributed by atoms with Crippen LogP contribution in [0.25, 0.3) is 0 Å². The van der Waals surface area contributed by atoms with E-state index in [-0.39, 0.29) is 17.7 Å². The van der Waals surface area contributed by atoms with Gasteiger partial charge in [0.1, 0.15) is 0 Å². The minimum atomic E-state index is -0.413. The molecular formula is C13H24N2O2. The van der Waals surface area contributed by atoms with Crippen molar-refractivity contribution < 1.29 is 9.90 Å². The number of unbranched alkanes of at least 4 members (excludes halogenated alkanes) is 2. The lowest BCUT2D eigenvalue weighted by Crippen LogP contribution is -2.42. The zero-order chi connectivity index (χ0) is 12.8. The number of aliphatic hydroxyl groups is 1. The molecule has 0 fully saturated rings. The lowest BCUT2D eigenvalue weighted by Gasteiger charge is -2.32. The predicted molar refractivity (Wildman–Crippen MR) is 67.8 cm³/mol. The molecule has 0 aromatic heterocycles. The van der Waals surface area contributed by atoms with Crippen LogP contribution < -0.4 is 11.3 Å². The number of rotatable bonds is 5. The summed E-state index contributed by atoms with van der Waals surface area (Å²) >= 11 is 0. The van der Waals surface area contributed by atoms with E-state index in [0.717, 1.165) is 24.8 Å². The first-order valence-electron chi connectivity index (χ1n) is 6.47. The molecule has 0 heterocycles. The highest BCUT2D eigenvalue weighted by atomic mass is 16.3. The van der Waals surface area contributed by atoms with E-state index < -0.39 is 6.10 Å². The van der Waals surface area contributed by atoms with Crippen LogP contribution in [0.1, 0.15) is 46.0 Å². The van der Waals surface area contributed by atoms with Crippen molar-refractivity contribution in [1.82, 2.24) is 5.43 Å². The lowest BCUT2D eigenvalue weighted by molar-refractivity contribution is -0.126. The van der Waals surface area contributed by atoms with E-state index in [1.807, 2.05) is 6.92 Å². The number of hydrazine groups is 1. The number of nitrogens with two attached hydrogens (primary N) is 1. The molecule has 0 saturated carbocycles. The molecule has 0 saturated heterocycles. The third-order valence-electron chi connectivity index (χ3n) is 3.56. The van der Waals surface area contributed by atoms with Gasteiger partial charge in [0.05, 0.1) is 12.0 Å². The normalized spacial score (nSPS) is 28.7. The fourth-order valence-electron chi connectivity index (χ4n) is 2.74. The van der Waals surface area contributed by atoms with Crippen molar-refractivity contribution in [2.24, 2.45) is 17.7 Å². The van der Waals surface area contributed by atoms with Gasteiger partial charge < -0.3 is 5.11 Å². The maximum atomic E-state index is 11.8. The van der Waals surface area contributed by atoms with Crippen molar-refractivity contribution in [3.05, 3.63) is 11.6 Å². The molecule has 0 aromatic rings. The summed E-state index contributed by atoms with van der Waals surface area (Å²) in [4.78, 5) is 11.8. The zero-order valence-corrected chi connectivity index (χ0v) is 10.8. The topological polar surface area (TPSA) is 75.3 Å². The monoisotopic (exact) mass is 240 g/mol. The fraction of sp³-hybridized carbons (Fsp3) is 0.769. The number of carbonyl (C=O) groups excluding carboxylic acids is 1. The van der Waals surface area contributed by atoms with Crippen LogP contribution in [0.5, 0.6) is 0 Å². The zero-order valence-electron chi connectivity index (χ0n) is 10.8. The summed E-state index contributed by atoms with van der Waals surface area (Å²) < 4.78 is 0. The van der Waals surface area contributed by atoms with E-state index in [4.69, 9.17) is 5.84 Å². The van der Waals surface area contributed by atoms with Crippen molar-refractivity contribution in [3.8, 4) is 0 Å². The van der Waals surface area contributed by atoms with Crippen molar-refractivity contribution >= 4 is 5.91 Å². The Morgan fingerprint density at radius 3 is 2.88 bits per heavy atom. The van der Waals surface area contributed by atoms with Gasteiger partial charge in [0, 0.05) is 0 Å². The molecule has 0 aliphatic heterocycles. The molecule has 1 aliphatic carbocycles. The van der Waals surface area contributed by atoms with Gasteiger partial charge in [-0.25, -0.2) is 5.84 Å². The van der Waals surface area contributed by atoms with Gasteiger partial charge in [-0.3, -0.25) is 10.2 Å². The molecule has 1 aliphatic rings. The number of carbonyl (C=O) groups is 1. The first-order valence-corrected chi connectivity index (χ1v) is 6.47. The predicted octanol–water partition coefficient (Wildman–Crippen LogP) is 1.50. The molecule has 4 nitrogen and oxygen atoms in total. The Morgan fingerprint density at radius 2 is 2.29 bits per heavy atom. The van der Waals surface area contributed by atoms with E-state index in [1.54, 1.807) is 6.08 Å². The Kier molecular flexibility index (Phi) is 5.65. The Morgan fingerprint density at radius 1 is 1.59 bits per heavy atom. The summed E-state index contributed by atoms with van der Waals surface area (Å²) in [7, 11) is 0. The SMILES string of the molecule is CCCCC[C@H]1C[C@@H](O)C=C(C)[C@H]1C(=O)NN. The minimum absolute atomic E-state index is 0.132. The van der Waals surface area contributed by atoms with E-state index >= 15 is 0 Å². The number of aliphatic hydroxyl groups excluding tert-OH is 1. The van der Waals surface area contributed by atoms with Gasteiger partial charge in [-0.15, -0.1) is 0 Å². The van der Waals surface area contributed by atoms with Crippen LogP contribution in [0.3, 0.4) is 0 Å². The second-order valence-corrected chi connectivity index (χ2v) is 4.96. The van der Waals surface area contributed by atoms with Crippen LogP contribution in [0.15, 0.2) is 11.6 Å². The molecule has 0 radical (unpaired) electrons. The molecule has 0 bridgehead atoms.